The van der Waals surface area contributed by atoms with E-state index >= 15 is 0 Å². The van der Waals surface area contributed by atoms with Crippen LogP contribution in [0.2, 0.25) is 0 Å². The summed E-state index contributed by atoms with van der Waals surface area (Å²) in [6, 6.07) is 25.2. The average molecular weight is 891 g/mol. The van der Waals surface area contributed by atoms with Gasteiger partial charge in [0.05, 0.1) is 12.2 Å². The highest BCUT2D eigenvalue weighted by Crippen LogP contribution is 2.51. The lowest BCUT2D eigenvalue weighted by Crippen LogP contribution is -2.31. The SMILES string of the molecule is CCCCCC1CCC(C2CCC(C(OC(c3ccc(-c4ccc(F)c(F)c4)cc3)C3CCC(C4CCC(CCCCC)CC4)CC3)c3ccc(-c4ccc(F)c(F)c4)cc3)CC2)CC1. The van der Waals surface area contributed by atoms with Crippen molar-refractivity contribution in [3.05, 3.63) is 119 Å². The van der Waals surface area contributed by atoms with Crippen molar-refractivity contribution in [2.75, 3.05) is 0 Å². The van der Waals surface area contributed by atoms with E-state index in [0.29, 0.717) is 23.0 Å². The Bertz CT molecular complexity index is 1880. The van der Waals surface area contributed by atoms with Crippen molar-refractivity contribution < 1.29 is 22.3 Å². The minimum atomic E-state index is -0.836. The summed E-state index contributed by atoms with van der Waals surface area (Å²) in [4.78, 5) is 0. The van der Waals surface area contributed by atoms with Gasteiger partial charge in [-0.05, 0) is 182 Å². The molecule has 4 aromatic rings. The maximum atomic E-state index is 14.4. The molecular formula is C60H78F4O. The molecule has 0 heterocycles. The van der Waals surface area contributed by atoms with Gasteiger partial charge in [0.25, 0.3) is 0 Å². The normalized spacial score (nSPS) is 27.3. The van der Waals surface area contributed by atoms with Gasteiger partial charge in [-0.1, -0.05) is 152 Å². The Morgan fingerprint density at radius 3 is 1.03 bits per heavy atom. The zero-order chi connectivity index (χ0) is 45.1. The first-order chi connectivity index (χ1) is 31.8. The van der Waals surface area contributed by atoms with E-state index in [4.69, 9.17) is 4.74 Å². The molecule has 0 N–H and O–H groups in total. The Morgan fingerprint density at radius 1 is 0.385 bits per heavy atom. The fourth-order valence-electron chi connectivity index (χ4n) is 13.3. The van der Waals surface area contributed by atoms with Gasteiger partial charge >= 0.3 is 0 Å². The molecule has 0 bridgehead atoms. The van der Waals surface area contributed by atoms with Crippen LogP contribution in [0.4, 0.5) is 17.6 Å². The molecule has 65 heavy (non-hydrogen) atoms. The molecule has 1 nitrogen and oxygen atoms in total. The van der Waals surface area contributed by atoms with Crippen LogP contribution in [-0.4, -0.2) is 0 Å². The maximum absolute atomic E-state index is 14.4. The molecule has 0 radical (unpaired) electrons. The lowest BCUT2D eigenvalue weighted by atomic mass is 9.67. The Hall–Kier alpha value is -3.44. The predicted molar refractivity (Wildman–Crippen MR) is 260 cm³/mol. The second-order valence-corrected chi connectivity index (χ2v) is 21.4. The van der Waals surface area contributed by atoms with Gasteiger partial charge < -0.3 is 4.74 Å². The molecule has 2 unspecified atom stereocenters. The largest absolute Gasteiger partial charge is 0.365 e. The summed E-state index contributed by atoms with van der Waals surface area (Å²) >= 11 is 0. The topological polar surface area (TPSA) is 9.23 Å². The number of hydrogen-bond donors (Lipinski definition) is 0. The van der Waals surface area contributed by atoms with Crippen LogP contribution in [0.25, 0.3) is 22.3 Å². The summed E-state index contributed by atoms with van der Waals surface area (Å²) in [5.74, 6) is 2.54. The van der Waals surface area contributed by atoms with Gasteiger partial charge in [0.1, 0.15) is 0 Å². The van der Waals surface area contributed by atoms with Crippen molar-refractivity contribution in [1.82, 2.24) is 0 Å². The van der Waals surface area contributed by atoms with Crippen LogP contribution in [0.5, 0.6) is 0 Å². The molecular weight excluding hydrogens is 813 g/mol. The summed E-state index contributed by atoms with van der Waals surface area (Å²) in [6.45, 7) is 4.61. The van der Waals surface area contributed by atoms with Crippen LogP contribution in [0.15, 0.2) is 84.9 Å². The lowest BCUT2D eigenvalue weighted by Gasteiger charge is -2.43. The molecule has 0 spiro atoms. The number of unbranched alkanes of at least 4 members (excludes halogenated alkanes) is 4. The maximum Gasteiger partial charge on any atom is 0.159 e. The minimum absolute atomic E-state index is 0.110. The Kier molecular flexibility index (Phi) is 17.4. The van der Waals surface area contributed by atoms with Crippen LogP contribution < -0.4 is 0 Å². The van der Waals surface area contributed by atoms with Crippen LogP contribution >= 0.6 is 0 Å². The van der Waals surface area contributed by atoms with Crippen molar-refractivity contribution in [3.8, 4) is 22.3 Å². The predicted octanol–water partition coefficient (Wildman–Crippen LogP) is 18.8. The summed E-state index contributed by atoms with van der Waals surface area (Å²) < 4.78 is 64.3. The molecule has 0 aromatic heterocycles. The summed E-state index contributed by atoms with van der Waals surface area (Å²) in [5.41, 5.74) is 5.35. The minimum Gasteiger partial charge on any atom is -0.365 e. The first-order valence-corrected chi connectivity index (χ1v) is 26.5. The number of ether oxygens (including phenoxy) is 1. The van der Waals surface area contributed by atoms with Gasteiger partial charge in [0, 0.05) is 0 Å². The fourth-order valence-corrected chi connectivity index (χ4v) is 13.3. The third kappa shape index (κ3) is 12.6. The van der Waals surface area contributed by atoms with Crippen LogP contribution in [0, 0.1) is 70.6 Å². The third-order valence-electron chi connectivity index (χ3n) is 17.3. The molecule has 8 rings (SSSR count). The Balaban J connectivity index is 1.02. The van der Waals surface area contributed by atoms with E-state index < -0.39 is 23.3 Å². The molecule has 352 valence electrons. The summed E-state index contributed by atoms with van der Waals surface area (Å²) in [7, 11) is 0. The smallest absolute Gasteiger partial charge is 0.159 e. The van der Waals surface area contributed by atoms with Crippen molar-refractivity contribution in [2.24, 2.45) is 47.3 Å². The number of rotatable bonds is 18. The molecule has 4 fully saturated rings. The molecule has 0 aliphatic heterocycles. The van der Waals surface area contributed by atoms with Crippen LogP contribution in [0.1, 0.15) is 191 Å². The molecule has 0 amide bonds. The molecule has 4 aliphatic carbocycles. The molecule has 4 saturated carbocycles. The highest BCUT2D eigenvalue weighted by atomic mass is 19.2. The number of halogens is 4. The van der Waals surface area contributed by atoms with Crippen molar-refractivity contribution in [1.29, 1.82) is 0 Å². The van der Waals surface area contributed by atoms with Crippen LogP contribution in [0.3, 0.4) is 0 Å². The number of hydrogen-bond acceptors (Lipinski definition) is 1. The van der Waals surface area contributed by atoms with Crippen molar-refractivity contribution in [2.45, 2.75) is 180 Å². The van der Waals surface area contributed by atoms with Gasteiger partial charge in [-0.2, -0.15) is 0 Å². The van der Waals surface area contributed by atoms with E-state index in [-0.39, 0.29) is 12.2 Å². The van der Waals surface area contributed by atoms with E-state index in [0.717, 1.165) is 83.4 Å². The molecule has 4 aliphatic rings. The van der Waals surface area contributed by atoms with E-state index in [1.165, 1.54) is 153 Å². The first-order valence-electron chi connectivity index (χ1n) is 26.5. The number of benzene rings is 4. The quantitative estimate of drug-likeness (QED) is 0.0714. The highest BCUT2D eigenvalue weighted by molar-refractivity contribution is 5.64. The molecule has 0 saturated heterocycles. The summed E-state index contributed by atoms with van der Waals surface area (Å²) in [5, 5.41) is 0. The van der Waals surface area contributed by atoms with E-state index in [9.17, 15) is 17.6 Å². The molecule has 2 atom stereocenters. The van der Waals surface area contributed by atoms with E-state index in [1.54, 1.807) is 12.1 Å². The lowest BCUT2D eigenvalue weighted by molar-refractivity contribution is -0.0934. The highest BCUT2D eigenvalue weighted by Gasteiger charge is 2.39. The zero-order valence-corrected chi connectivity index (χ0v) is 39.7. The Labute approximate surface area is 389 Å². The van der Waals surface area contributed by atoms with Gasteiger partial charge in [-0.25, -0.2) is 17.6 Å². The first kappa shape index (κ1) is 48.0. The Morgan fingerprint density at radius 2 is 0.708 bits per heavy atom. The monoisotopic (exact) mass is 891 g/mol. The van der Waals surface area contributed by atoms with Crippen LogP contribution in [-0.2, 0) is 4.74 Å². The van der Waals surface area contributed by atoms with Crippen molar-refractivity contribution >= 4 is 0 Å². The standard InChI is InChI=1S/C60H78F4O/c1-3-5-7-9-41-11-15-43(16-12-41)45-19-27-49(28-20-45)59(51-31-23-47(24-32-51)53-35-37-55(61)57(63)39-53)65-60(52-33-25-48(26-34-52)54-36-38-56(62)58(64)40-54)50-29-21-46(22-30-50)44-17-13-42(14-18-44)10-8-6-4-2/h23-26,31-46,49-50,59-60H,3-22,27-30H2,1-2H3. The van der Waals surface area contributed by atoms with Gasteiger partial charge in [-0.3, -0.25) is 0 Å². The molecule has 4 aromatic carbocycles. The third-order valence-corrected chi connectivity index (χ3v) is 17.3. The second kappa shape index (κ2) is 23.5. The van der Waals surface area contributed by atoms with Gasteiger partial charge in [0.2, 0.25) is 0 Å². The van der Waals surface area contributed by atoms with E-state index in [1.807, 2.05) is 0 Å². The fraction of sp³-hybridized carbons (Fsp3) is 0.600. The van der Waals surface area contributed by atoms with Gasteiger partial charge in [-0.15, -0.1) is 0 Å². The average Bonchev–Trinajstić information content (AvgIpc) is 3.35. The second-order valence-electron chi connectivity index (χ2n) is 21.4. The van der Waals surface area contributed by atoms with Gasteiger partial charge in [0.15, 0.2) is 23.3 Å². The molecule has 5 heteroatoms. The van der Waals surface area contributed by atoms with E-state index in [2.05, 4.69) is 62.4 Å². The van der Waals surface area contributed by atoms with Crippen molar-refractivity contribution in [3.63, 3.8) is 0 Å². The zero-order valence-electron chi connectivity index (χ0n) is 39.7. The summed E-state index contributed by atoms with van der Waals surface area (Å²) in [6.07, 6.45) is 31.5.